The number of aromatic nitrogens is 4. The van der Waals surface area contributed by atoms with Crippen LogP contribution < -0.4 is 16.4 Å². The fourth-order valence-electron chi connectivity index (χ4n) is 6.63. The number of piperidine rings is 1. The van der Waals surface area contributed by atoms with Crippen LogP contribution in [0.5, 0.6) is 0 Å². The van der Waals surface area contributed by atoms with E-state index in [-0.39, 0.29) is 53.6 Å². The molecule has 0 bridgehead atoms. The van der Waals surface area contributed by atoms with E-state index in [1.54, 1.807) is 6.92 Å². The largest absolute Gasteiger partial charge is 0.477 e. The highest BCUT2D eigenvalue weighted by Gasteiger charge is 2.70. The lowest BCUT2D eigenvalue weighted by Crippen LogP contribution is -2.66. The molecule has 4 aliphatic heterocycles. The second-order valence-electron chi connectivity index (χ2n) is 11.1. The first-order chi connectivity index (χ1) is 18.5. The summed E-state index contributed by atoms with van der Waals surface area (Å²) >= 11 is 1.38. The summed E-state index contributed by atoms with van der Waals surface area (Å²) in [6.07, 6.45) is 1.77. The molecule has 6 rings (SSSR count). The molecular formula is C23H30FN9O5S. The molecule has 0 spiro atoms. The lowest BCUT2D eigenvalue weighted by Gasteiger charge is -2.47. The Morgan fingerprint density at radius 1 is 1.41 bits per heavy atom. The molecule has 1 aromatic rings. The fourth-order valence-corrected chi connectivity index (χ4v) is 8.11. The van der Waals surface area contributed by atoms with E-state index < -0.39 is 41.7 Å². The topological polar surface area (TPSA) is 189 Å². The number of halogens is 1. The number of likely N-dealkylation sites (tertiary alicyclic amines) is 1. The first kappa shape index (κ1) is 26.1. The van der Waals surface area contributed by atoms with Gasteiger partial charge in [0.05, 0.1) is 24.5 Å². The minimum atomic E-state index is -1.47. The molecule has 1 aromatic heterocycles. The molecule has 5 N–H and O–H groups in total. The molecule has 14 nitrogen and oxygen atoms in total. The zero-order chi connectivity index (χ0) is 27.8. The van der Waals surface area contributed by atoms with E-state index >= 15 is 0 Å². The summed E-state index contributed by atoms with van der Waals surface area (Å²) in [6.45, 7) is 4.33. The van der Waals surface area contributed by atoms with Gasteiger partial charge in [-0.3, -0.25) is 14.4 Å². The highest BCUT2D eigenvalue weighted by molar-refractivity contribution is 8.03. The standard InChI is InChI=1S/C23H30FN9O5S/c1-9-16-15(10(2)28-14(34)6-32-8-27-29-30-32)21(36)33(16)17(22(37)38)18(9)39-11-3-13(26-4-11)20(35)31-5-12-19(25)23(12,24)7-31/h8-13,15-16,19,26H,3-7,25H2,1-2H3,(H,28,34)(H,37,38)/t9-,10-,11+,12?,13+,15-,16-,19?,23-/m1/s1. The van der Waals surface area contributed by atoms with Crippen LogP contribution in [0, 0.1) is 17.8 Å². The summed E-state index contributed by atoms with van der Waals surface area (Å²) in [4.78, 5) is 54.2. The van der Waals surface area contributed by atoms with Crippen LogP contribution in [0.15, 0.2) is 16.9 Å². The fraction of sp³-hybridized carbons (Fsp3) is 0.696. The van der Waals surface area contributed by atoms with E-state index in [9.17, 15) is 28.7 Å². The number of carboxylic acid groups (broad SMARTS) is 1. The lowest BCUT2D eigenvalue weighted by molar-refractivity contribution is -0.158. The molecule has 5 heterocycles. The van der Waals surface area contributed by atoms with Gasteiger partial charge in [0.2, 0.25) is 17.7 Å². The number of fused-ring (bicyclic) bond motifs is 2. The van der Waals surface area contributed by atoms with E-state index in [0.717, 1.165) is 0 Å². The number of rotatable bonds is 8. The van der Waals surface area contributed by atoms with E-state index in [0.29, 0.717) is 24.4 Å². The first-order valence-electron chi connectivity index (χ1n) is 12.9. The number of carboxylic acids is 1. The van der Waals surface area contributed by atoms with Gasteiger partial charge in [-0.05, 0) is 23.8 Å². The van der Waals surface area contributed by atoms with Crippen LogP contribution in [0.3, 0.4) is 0 Å². The van der Waals surface area contributed by atoms with Crippen molar-refractivity contribution in [1.29, 1.82) is 0 Å². The number of nitrogens with zero attached hydrogens (tertiary/aromatic N) is 6. The van der Waals surface area contributed by atoms with E-state index in [4.69, 9.17) is 5.73 Å². The third-order valence-corrected chi connectivity index (χ3v) is 10.3. The smallest absolute Gasteiger partial charge is 0.353 e. The Balaban J connectivity index is 1.09. The molecule has 1 saturated carbocycles. The number of alkyl halides is 1. The van der Waals surface area contributed by atoms with Crippen molar-refractivity contribution in [3.8, 4) is 0 Å². The summed E-state index contributed by atoms with van der Waals surface area (Å²) in [5.41, 5.74) is 4.26. The van der Waals surface area contributed by atoms with Crippen molar-refractivity contribution >= 4 is 35.5 Å². The maximum atomic E-state index is 14.6. The second-order valence-corrected chi connectivity index (χ2v) is 12.5. The van der Waals surface area contributed by atoms with Crippen LogP contribution >= 0.6 is 11.8 Å². The zero-order valence-corrected chi connectivity index (χ0v) is 22.2. The molecule has 4 fully saturated rings. The molecule has 39 heavy (non-hydrogen) atoms. The number of nitrogens with one attached hydrogen (secondary N) is 2. The maximum Gasteiger partial charge on any atom is 0.353 e. The van der Waals surface area contributed by atoms with Gasteiger partial charge in [0.1, 0.15) is 24.2 Å². The SMILES string of the molecule is C[C@@H](NC(=O)Cn1cnnn1)[C@H]1C(=O)N2C(C(=O)O)=C(S[C@@H]3CN[C@H](C(=O)N4CC5C(N)[C@@]5(F)C4)C3)[C@H](C)[C@H]12. The number of aliphatic carboxylic acids is 1. The Morgan fingerprint density at radius 2 is 2.18 bits per heavy atom. The number of hydrogen-bond donors (Lipinski definition) is 4. The van der Waals surface area contributed by atoms with Crippen LogP contribution in [0.4, 0.5) is 4.39 Å². The van der Waals surface area contributed by atoms with Crippen LogP contribution in [0.1, 0.15) is 20.3 Å². The monoisotopic (exact) mass is 563 g/mol. The Kier molecular flexibility index (Phi) is 6.18. The highest BCUT2D eigenvalue weighted by atomic mass is 32.2. The van der Waals surface area contributed by atoms with Gasteiger partial charge >= 0.3 is 5.97 Å². The van der Waals surface area contributed by atoms with Crippen LogP contribution in [0.25, 0.3) is 0 Å². The van der Waals surface area contributed by atoms with Gasteiger partial charge in [0.15, 0.2) is 0 Å². The molecule has 9 atom stereocenters. The van der Waals surface area contributed by atoms with Gasteiger partial charge in [0.25, 0.3) is 0 Å². The number of nitrogens with two attached hydrogens (primary N) is 1. The van der Waals surface area contributed by atoms with Gasteiger partial charge in [-0.2, -0.15) is 0 Å². The van der Waals surface area contributed by atoms with Crippen LogP contribution in [0.2, 0.25) is 0 Å². The maximum absolute atomic E-state index is 14.6. The first-order valence-corrected chi connectivity index (χ1v) is 13.8. The Bertz CT molecular complexity index is 1260. The minimum Gasteiger partial charge on any atom is -0.477 e. The van der Waals surface area contributed by atoms with Crippen molar-refractivity contribution in [2.45, 2.75) is 61.9 Å². The molecule has 16 heteroatoms. The van der Waals surface area contributed by atoms with Crippen LogP contribution in [-0.4, -0.2) is 114 Å². The van der Waals surface area contributed by atoms with Crippen molar-refractivity contribution in [2.24, 2.45) is 23.5 Å². The van der Waals surface area contributed by atoms with E-state index in [1.807, 2.05) is 6.92 Å². The quantitative estimate of drug-likeness (QED) is 0.254. The Hall–Kier alpha value is -3.11. The van der Waals surface area contributed by atoms with Gasteiger partial charge in [-0.1, -0.05) is 6.92 Å². The van der Waals surface area contributed by atoms with Crippen molar-refractivity contribution in [3.05, 3.63) is 16.9 Å². The molecule has 210 valence electrons. The van der Waals surface area contributed by atoms with Crippen LogP contribution in [-0.2, 0) is 25.7 Å². The van der Waals surface area contributed by atoms with Gasteiger partial charge in [0, 0.05) is 47.2 Å². The molecule has 2 unspecified atom stereocenters. The van der Waals surface area contributed by atoms with E-state index in [2.05, 4.69) is 26.2 Å². The summed E-state index contributed by atoms with van der Waals surface area (Å²) in [6, 6.07) is -1.90. The van der Waals surface area contributed by atoms with Crippen molar-refractivity contribution in [3.63, 3.8) is 0 Å². The second kappa shape index (κ2) is 9.23. The molecule has 0 aromatic carbocycles. The highest BCUT2D eigenvalue weighted by Crippen LogP contribution is 2.53. The molecular weight excluding hydrogens is 533 g/mol. The van der Waals surface area contributed by atoms with Gasteiger partial charge in [-0.15, -0.1) is 16.9 Å². The summed E-state index contributed by atoms with van der Waals surface area (Å²) < 4.78 is 15.8. The average molecular weight is 564 g/mol. The summed E-state index contributed by atoms with van der Waals surface area (Å²) in [5, 5.41) is 26.6. The zero-order valence-electron chi connectivity index (χ0n) is 21.4. The number of carbonyl (C=O) groups excluding carboxylic acids is 3. The number of thioether (sulfide) groups is 1. The molecule has 1 aliphatic carbocycles. The van der Waals surface area contributed by atoms with Crippen molar-refractivity contribution in [1.82, 2.24) is 40.6 Å². The predicted octanol–water partition coefficient (Wildman–Crippen LogP) is -2.08. The molecule has 3 amide bonds. The molecule has 0 radical (unpaired) electrons. The lowest BCUT2D eigenvalue weighted by atomic mass is 9.78. The molecule has 5 aliphatic rings. The normalized spacial score (nSPS) is 37.4. The number of tetrazole rings is 1. The average Bonchev–Trinajstić information content (AvgIpc) is 3.51. The van der Waals surface area contributed by atoms with E-state index in [1.165, 1.54) is 32.6 Å². The van der Waals surface area contributed by atoms with Gasteiger partial charge in [-0.25, -0.2) is 13.9 Å². The number of hydrogen-bond acceptors (Lipinski definition) is 10. The van der Waals surface area contributed by atoms with Crippen molar-refractivity contribution < 1.29 is 28.7 Å². The minimum absolute atomic E-state index is 0.0175. The molecule has 3 saturated heterocycles. The number of β-lactam (4-membered cyclic amide) rings is 1. The van der Waals surface area contributed by atoms with Crippen molar-refractivity contribution in [2.75, 3.05) is 19.6 Å². The summed E-state index contributed by atoms with van der Waals surface area (Å²) in [7, 11) is 0. The summed E-state index contributed by atoms with van der Waals surface area (Å²) in [5.74, 6) is -3.20. The van der Waals surface area contributed by atoms with Gasteiger partial charge < -0.3 is 31.3 Å². The Morgan fingerprint density at radius 3 is 2.82 bits per heavy atom. The predicted molar refractivity (Wildman–Crippen MR) is 133 cm³/mol. The Labute approximate surface area is 226 Å². The number of carbonyl (C=O) groups is 4. The third-order valence-electron chi connectivity index (χ3n) is 8.75. The number of amides is 3. The third kappa shape index (κ3) is 4.10.